The molecule has 2 nitrogen and oxygen atoms in total. The van der Waals surface area contributed by atoms with Crippen molar-refractivity contribution in [3.8, 4) is 17.6 Å². The second-order valence-corrected chi connectivity index (χ2v) is 5.22. The summed E-state index contributed by atoms with van der Waals surface area (Å²) in [5.41, 5.74) is -0.834. The van der Waals surface area contributed by atoms with Crippen LogP contribution in [-0.2, 0) is 6.11 Å². The summed E-state index contributed by atoms with van der Waals surface area (Å²) in [6.07, 6.45) is -2.09. The van der Waals surface area contributed by atoms with E-state index in [-0.39, 0.29) is 12.4 Å². The lowest BCUT2D eigenvalue weighted by molar-refractivity contribution is -0.189. The minimum atomic E-state index is -4.15. The van der Waals surface area contributed by atoms with Gasteiger partial charge in [-0.3, -0.25) is 0 Å². The Kier molecular flexibility index (Phi) is 6.43. The lowest BCUT2D eigenvalue weighted by Gasteiger charge is -2.19. The molecule has 1 N–H and O–H groups in total. The summed E-state index contributed by atoms with van der Waals surface area (Å²) < 4.78 is 59.6. The van der Waals surface area contributed by atoms with Crippen LogP contribution in [0.15, 0.2) is 42.5 Å². The smallest absolute Gasteiger partial charge is 0.429 e. The number of alkyl halides is 2. The molecule has 0 radical (unpaired) electrons. The van der Waals surface area contributed by atoms with Gasteiger partial charge in [0, 0.05) is 18.6 Å². The van der Waals surface area contributed by atoms with Crippen molar-refractivity contribution in [1.82, 2.24) is 0 Å². The highest BCUT2D eigenvalue weighted by Gasteiger charge is 2.40. The van der Waals surface area contributed by atoms with Crippen LogP contribution in [0.2, 0.25) is 0 Å². The summed E-state index contributed by atoms with van der Waals surface area (Å²) in [5, 5.41) is 8.65. The fourth-order valence-electron chi connectivity index (χ4n) is 2.07. The topological polar surface area (TPSA) is 29.5 Å². The van der Waals surface area contributed by atoms with Gasteiger partial charge in [0.1, 0.15) is 22.9 Å². The molecule has 0 atom stereocenters. The molecule has 132 valence electrons. The molecular formula is C19H16F4O2. The summed E-state index contributed by atoms with van der Waals surface area (Å²) in [5.74, 6) is 2.75. The predicted octanol–water partition coefficient (Wildman–Crippen LogP) is 4.61. The van der Waals surface area contributed by atoms with E-state index in [1.807, 2.05) is 0 Å². The Hall–Kier alpha value is -2.52. The normalized spacial score (nSPS) is 10.9. The average Bonchev–Trinajstić information content (AvgIpc) is 2.55. The average molecular weight is 352 g/mol. The minimum Gasteiger partial charge on any atom is -0.429 e. The minimum absolute atomic E-state index is 0.116. The molecule has 2 rings (SSSR count). The molecule has 0 heterocycles. The van der Waals surface area contributed by atoms with E-state index < -0.39 is 23.3 Å². The summed E-state index contributed by atoms with van der Waals surface area (Å²) in [4.78, 5) is 0. The Morgan fingerprint density at radius 2 is 1.60 bits per heavy atom. The molecule has 0 aliphatic heterocycles. The third kappa shape index (κ3) is 5.23. The highest BCUT2D eigenvalue weighted by molar-refractivity contribution is 5.38. The molecule has 0 saturated carbocycles. The van der Waals surface area contributed by atoms with Crippen LogP contribution in [0, 0.1) is 23.5 Å². The molecule has 0 fully saturated rings. The van der Waals surface area contributed by atoms with Gasteiger partial charge in [0.2, 0.25) is 0 Å². The molecule has 2 aromatic carbocycles. The monoisotopic (exact) mass is 352 g/mol. The second kappa shape index (κ2) is 8.54. The first-order valence-corrected chi connectivity index (χ1v) is 7.65. The van der Waals surface area contributed by atoms with Gasteiger partial charge in [0.25, 0.3) is 0 Å². The third-order valence-electron chi connectivity index (χ3n) is 3.30. The fraction of sp³-hybridized carbons (Fsp3) is 0.263. The van der Waals surface area contributed by atoms with E-state index in [0.717, 1.165) is 24.6 Å². The van der Waals surface area contributed by atoms with E-state index in [1.54, 1.807) is 0 Å². The van der Waals surface area contributed by atoms with Crippen molar-refractivity contribution in [3.05, 3.63) is 65.2 Å². The summed E-state index contributed by atoms with van der Waals surface area (Å²) in [6.45, 7) is 0.116. The number of aliphatic hydroxyl groups is 1. The van der Waals surface area contributed by atoms with Gasteiger partial charge in [-0.15, -0.1) is 0 Å². The molecule has 0 amide bonds. The van der Waals surface area contributed by atoms with Crippen molar-refractivity contribution >= 4 is 0 Å². The number of halogens is 4. The van der Waals surface area contributed by atoms with E-state index >= 15 is 0 Å². The van der Waals surface area contributed by atoms with E-state index in [4.69, 9.17) is 5.11 Å². The number of rotatable bonds is 6. The van der Waals surface area contributed by atoms with Gasteiger partial charge in [-0.25, -0.2) is 8.78 Å². The molecule has 0 saturated heterocycles. The number of benzene rings is 2. The second-order valence-electron chi connectivity index (χ2n) is 5.22. The van der Waals surface area contributed by atoms with Crippen LogP contribution in [0.3, 0.4) is 0 Å². The Labute approximate surface area is 143 Å². The van der Waals surface area contributed by atoms with Crippen LogP contribution in [0.4, 0.5) is 17.6 Å². The van der Waals surface area contributed by atoms with Crippen LogP contribution >= 0.6 is 0 Å². The van der Waals surface area contributed by atoms with Gasteiger partial charge in [0.05, 0.1) is 0 Å². The first-order valence-electron chi connectivity index (χ1n) is 7.65. The predicted molar refractivity (Wildman–Crippen MR) is 85.1 cm³/mol. The number of hydrogen-bond acceptors (Lipinski definition) is 2. The van der Waals surface area contributed by atoms with Crippen LogP contribution < -0.4 is 4.74 Å². The number of unbranched alkanes of at least 4 members (excludes halogenated alkanes) is 2. The molecule has 0 aromatic heterocycles. The zero-order valence-corrected chi connectivity index (χ0v) is 13.2. The molecule has 0 aliphatic rings. The molecule has 25 heavy (non-hydrogen) atoms. The molecule has 0 bridgehead atoms. The molecule has 0 unspecified atom stereocenters. The molecule has 6 heteroatoms. The maximum absolute atomic E-state index is 14.0. The highest BCUT2D eigenvalue weighted by atomic mass is 19.3. The van der Waals surface area contributed by atoms with Gasteiger partial charge in [-0.1, -0.05) is 17.9 Å². The van der Waals surface area contributed by atoms with E-state index in [1.165, 1.54) is 24.3 Å². The summed E-state index contributed by atoms with van der Waals surface area (Å²) in [6, 6.07) is 7.94. The Morgan fingerprint density at radius 1 is 0.960 bits per heavy atom. The van der Waals surface area contributed by atoms with E-state index in [0.29, 0.717) is 18.4 Å². The zero-order valence-electron chi connectivity index (χ0n) is 13.2. The van der Waals surface area contributed by atoms with Crippen LogP contribution in [0.5, 0.6) is 5.75 Å². The number of aliphatic hydroxyl groups excluding tert-OH is 1. The first kappa shape index (κ1) is 18.8. The molecule has 0 aliphatic carbocycles. The fourth-order valence-corrected chi connectivity index (χ4v) is 2.07. The summed E-state index contributed by atoms with van der Waals surface area (Å²) in [7, 11) is 0. The van der Waals surface area contributed by atoms with Gasteiger partial charge in [0.15, 0.2) is 0 Å². The zero-order chi connectivity index (χ0) is 18.3. The Morgan fingerprint density at radius 3 is 2.20 bits per heavy atom. The quantitative estimate of drug-likeness (QED) is 0.467. The third-order valence-corrected chi connectivity index (χ3v) is 3.30. The maximum Gasteiger partial charge on any atom is 0.432 e. The van der Waals surface area contributed by atoms with Crippen molar-refractivity contribution in [2.45, 2.75) is 25.4 Å². The van der Waals surface area contributed by atoms with Gasteiger partial charge < -0.3 is 9.84 Å². The SMILES string of the molecule is OCCCCC#Cc1ccc(OC(F)(F)c2c(F)cccc2F)cc1. The van der Waals surface area contributed by atoms with Crippen molar-refractivity contribution < 1.29 is 27.4 Å². The number of ether oxygens (including phenoxy) is 1. The van der Waals surface area contributed by atoms with Crippen LogP contribution in [-0.4, -0.2) is 11.7 Å². The van der Waals surface area contributed by atoms with Crippen LogP contribution in [0.25, 0.3) is 0 Å². The van der Waals surface area contributed by atoms with Crippen molar-refractivity contribution in [3.63, 3.8) is 0 Å². The van der Waals surface area contributed by atoms with Gasteiger partial charge in [-0.2, -0.15) is 8.78 Å². The molecule has 2 aromatic rings. The standard InChI is InChI=1S/C19H16F4O2/c20-16-7-5-8-17(21)18(16)19(22,23)25-15-11-9-14(10-12-15)6-3-1-2-4-13-24/h5,7-12,24H,1-2,4,13H2. The lowest BCUT2D eigenvalue weighted by atomic mass is 10.1. The van der Waals surface area contributed by atoms with Gasteiger partial charge in [-0.05, 0) is 49.2 Å². The first-order chi connectivity index (χ1) is 11.9. The van der Waals surface area contributed by atoms with Gasteiger partial charge >= 0.3 is 6.11 Å². The Balaban J connectivity index is 2.07. The summed E-state index contributed by atoms with van der Waals surface area (Å²) >= 11 is 0. The lowest BCUT2D eigenvalue weighted by Crippen LogP contribution is -2.25. The number of hydrogen-bond donors (Lipinski definition) is 1. The van der Waals surface area contributed by atoms with E-state index in [9.17, 15) is 17.6 Å². The van der Waals surface area contributed by atoms with Crippen molar-refractivity contribution in [1.29, 1.82) is 0 Å². The molecular weight excluding hydrogens is 336 g/mol. The largest absolute Gasteiger partial charge is 0.432 e. The van der Waals surface area contributed by atoms with Crippen molar-refractivity contribution in [2.24, 2.45) is 0 Å². The highest BCUT2D eigenvalue weighted by Crippen LogP contribution is 2.34. The Bertz CT molecular complexity index is 741. The maximum atomic E-state index is 14.0. The van der Waals surface area contributed by atoms with Crippen molar-refractivity contribution in [2.75, 3.05) is 6.61 Å². The molecule has 0 spiro atoms. The van der Waals surface area contributed by atoms with E-state index in [2.05, 4.69) is 16.6 Å². The van der Waals surface area contributed by atoms with Crippen LogP contribution in [0.1, 0.15) is 30.4 Å².